The van der Waals surface area contributed by atoms with E-state index in [1.807, 2.05) is 19.1 Å². The fourth-order valence-corrected chi connectivity index (χ4v) is 6.30. The number of thiazole rings is 2. The minimum atomic E-state index is -1.21. The summed E-state index contributed by atoms with van der Waals surface area (Å²) >= 11 is 2.83. The molecule has 40 heavy (non-hydrogen) atoms. The lowest BCUT2D eigenvalue weighted by Crippen LogP contribution is -2.23. The molecule has 0 saturated heterocycles. The molecule has 1 aromatic carbocycles. The highest BCUT2D eigenvalue weighted by atomic mass is 32.1. The Morgan fingerprint density at radius 1 is 1.23 bits per heavy atom. The summed E-state index contributed by atoms with van der Waals surface area (Å²) in [5, 5.41) is 14.1. The van der Waals surface area contributed by atoms with Gasteiger partial charge >= 0.3 is 5.97 Å². The van der Waals surface area contributed by atoms with Gasteiger partial charge in [-0.15, -0.1) is 21.5 Å². The van der Waals surface area contributed by atoms with Crippen molar-refractivity contribution >= 4 is 70.0 Å². The number of fused-ring (bicyclic) bond motifs is 1. The molecule has 212 valence electrons. The number of para-hydroxylation sites is 1. The van der Waals surface area contributed by atoms with Gasteiger partial charge in [0.05, 0.1) is 16.8 Å². The van der Waals surface area contributed by atoms with Crippen LogP contribution in [0.3, 0.4) is 0 Å². The number of aromatic nitrogens is 4. The van der Waals surface area contributed by atoms with Gasteiger partial charge in [0.25, 0.3) is 0 Å². The molecule has 0 unspecified atom stereocenters. The quantitative estimate of drug-likeness (QED) is 0.0880. The number of nitrogens with one attached hydrogen (secondary N) is 1. The van der Waals surface area contributed by atoms with E-state index in [2.05, 4.69) is 56.8 Å². The van der Waals surface area contributed by atoms with Crippen molar-refractivity contribution in [3.8, 4) is 0 Å². The van der Waals surface area contributed by atoms with E-state index in [1.165, 1.54) is 11.3 Å². The van der Waals surface area contributed by atoms with Gasteiger partial charge in [-0.05, 0) is 38.4 Å². The van der Waals surface area contributed by atoms with Crippen LogP contribution in [0.25, 0.3) is 10.2 Å². The van der Waals surface area contributed by atoms with Crippen LogP contribution in [0.4, 0.5) is 16.8 Å². The average molecular weight is 599 g/mol. The number of carbonyl (C=O) groups excluding carboxylic acids is 2. The van der Waals surface area contributed by atoms with Gasteiger partial charge in [0, 0.05) is 37.6 Å². The SMILES string of the molecule is CCOC(=O)c1csc(Nc2nnc(/N=c3\sc4ccccc4n3COCC[Si](C)(C)C)c(C)c2CCC=O)n1. The molecule has 3 heterocycles. The molecule has 0 atom stereocenters. The maximum absolute atomic E-state index is 12.0. The summed E-state index contributed by atoms with van der Waals surface area (Å²) in [5.74, 6) is 0.465. The van der Waals surface area contributed by atoms with Gasteiger partial charge in [-0.1, -0.05) is 43.1 Å². The minimum Gasteiger partial charge on any atom is -0.461 e. The van der Waals surface area contributed by atoms with E-state index < -0.39 is 14.0 Å². The van der Waals surface area contributed by atoms with Gasteiger partial charge < -0.3 is 19.6 Å². The highest BCUT2D eigenvalue weighted by Crippen LogP contribution is 2.29. The van der Waals surface area contributed by atoms with Crippen molar-refractivity contribution in [1.29, 1.82) is 0 Å². The highest BCUT2D eigenvalue weighted by Gasteiger charge is 2.18. The third kappa shape index (κ3) is 7.47. The van der Waals surface area contributed by atoms with Gasteiger partial charge in [0.1, 0.15) is 13.0 Å². The number of hydrogen-bond donors (Lipinski definition) is 1. The number of esters is 1. The van der Waals surface area contributed by atoms with E-state index in [-0.39, 0.29) is 12.3 Å². The minimum absolute atomic E-state index is 0.224. The number of carbonyl (C=O) groups is 2. The van der Waals surface area contributed by atoms with Crippen LogP contribution >= 0.6 is 22.7 Å². The van der Waals surface area contributed by atoms with Crippen molar-refractivity contribution in [3.63, 3.8) is 0 Å². The maximum atomic E-state index is 12.0. The van der Waals surface area contributed by atoms with Crippen molar-refractivity contribution in [2.24, 2.45) is 4.99 Å². The Hall–Kier alpha value is -3.26. The Morgan fingerprint density at radius 3 is 2.77 bits per heavy atom. The van der Waals surface area contributed by atoms with Crippen molar-refractivity contribution in [3.05, 3.63) is 51.3 Å². The molecular weight excluding hydrogens is 565 g/mol. The zero-order valence-electron chi connectivity index (χ0n) is 23.4. The molecule has 1 N–H and O–H groups in total. The number of anilines is 2. The molecule has 0 aliphatic heterocycles. The summed E-state index contributed by atoms with van der Waals surface area (Å²) in [7, 11) is -1.21. The monoisotopic (exact) mass is 598 g/mol. The lowest BCUT2D eigenvalue weighted by atomic mass is 10.1. The van der Waals surface area contributed by atoms with Gasteiger partial charge in [-0.2, -0.15) is 4.99 Å². The second-order valence-corrected chi connectivity index (χ2v) is 17.8. The number of hydrogen-bond acceptors (Lipinski definition) is 11. The van der Waals surface area contributed by atoms with Crippen LogP contribution < -0.4 is 10.1 Å². The zero-order valence-corrected chi connectivity index (χ0v) is 26.0. The topological polar surface area (TPSA) is 121 Å². The predicted octanol–water partition coefficient (Wildman–Crippen LogP) is 5.85. The van der Waals surface area contributed by atoms with E-state index >= 15 is 0 Å². The van der Waals surface area contributed by atoms with Gasteiger partial charge in [0.15, 0.2) is 27.3 Å². The molecule has 0 fully saturated rings. The fraction of sp³-hybridized carbons (Fsp3) is 0.407. The van der Waals surface area contributed by atoms with E-state index in [1.54, 1.807) is 23.6 Å². The average Bonchev–Trinajstić information content (AvgIpc) is 3.52. The number of benzene rings is 1. The van der Waals surface area contributed by atoms with Crippen molar-refractivity contribution < 1.29 is 19.1 Å². The summed E-state index contributed by atoms with van der Waals surface area (Å²) in [6.07, 6.45) is 1.65. The van der Waals surface area contributed by atoms with E-state index in [4.69, 9.17) is 14.5 Å². The van der Waals surface area contributed by atoms with Crippen LogP contribution in [0.15, 0.2) is 34.6 Å². The molecule has 0 amide bonds. The second-order valence-electron chi connectivity index (χ2n) is 10.3. The van der Waals surface area contributed by atoms with Crippen LogP contribution in [0.5, 0.6) is 0 Å². The van der Waals surface area contributed by atoms with E-state index in [0.717, 1.165) is 38.5 Å². The Labute approximate surface area is 242 Å². The van der Waals surface area contributed by atoms with Crippen LogP contribution in [-0.4, -0.2) is 53.3 Å². The van der Waals surface area contributed by atoms with Crippen molar-refractivity contribution in [1.82, 2.24) is 19.7 Å². The van der Waals surface area contributed by atoms with Gasteiger partial charge in [-0.25, -0.2) is 9.78 Å². The van der Waals surface area contributed by atoms with Crippen LogP contribution in [-0.2, 0) is 27.4 Å². The molecule has 4 rings (SSSR count). The first-order valence-electron chi connectivity index (χ1n) is 13.1. The largest absolute Gasteiger partial charge is 0.461 e. The predicted molar refractivity (Wildman–Crippen MR) is 162 cm³/mol. The molecular formula is C27H34N6O4S2Si. The lowest BCUT2D eigenvalue weighted by molar-refractivity contribution is -0.107. The maximum Gasteiger partial charge on any atom is 0.357 e. The summed E-state index contributed by atoms with van der Waals surface area (Å²) in [5.41, 5.74) is 2.89. The Morgan fingerprint density at radius 2 is 2.02 bits per heavy atom. The first kappa shape index (κ1) is 29.7. The molecule has 0 aliphatic carbocycles. The van der Waals surface area contributed by atoms with Crippen molar-refractivity contribution in [2.45, 2.75) is 59.1 Å². The third-order valence-corrected chi connectivity index (χ3v) is 9.57. The van der Waals surface area contributed by atoms with Gasteiger partial charge in [-0.3, -0.25) is 4.57 Å². The number of rotatable bonds is 13. The Bertz CT molecular complexity index is 1560. The van der Waals surface area contributed by atoms with E-state index in [0.29, 0.717) is 42.9 Å². The normalized spacial score (nSPS) is 12.2. The van der Waals surface area contributed by atoms with Crippen molar-refractivity contribution in [2.75, 3.05) is 18.5 Å². The standard InChI is InChI=1S/C27H34N6O4S2Si/c1-6-37-25(35)20-16-38-26(28-20)29-24-19(10-9-13-34)18(2)23(31-32-24)30-27-33(17-36-14-15-40(3,4)5)21-11-7-8-12-22(21)39-27/h7-8,11-13,16H,6,9-10,14-15,17H2,1-5H3,(H,28,29,32)/b30-27-. The molecule has 3 aromatic heterocycles. The number of aldehydes is 1. The first-order valence-corrected chi connectivity index (χ1v) is 18.5. The molecule has 10 nitrogen and oxygen atoms in total. The van der Waals surface area contributed by atoms with Crippen LogP contribution in [0, 0.1) is 6.92 Å². The second kappa shape index (κ2) is 13.4. The molecule has 0 aliphatic rings. The number of ether oxygens (including phenoxy) is 2. The summed E-state index contributed by atoms with van der Waals surface area (Å²) in [6.45, 7) is 12.0. The molecule has 0 spiro atoms. The smallest absolute Gasteiger partial charge is 0.357 e. The van der Waals surface area contributed by atoms with E-state index in [9.17, 15) is 9.59 Å². The number of nitrogens with zero attached hydrogens (tertiary/aromatic N) is 5. The molecule has 13 heteroatoms. The van der Waals surface area contributed by atoms with Gasteiger partial charge in [0.2, 0.25) is 0 Å². The van der Waals surface area contributed by atoms with Crippen LogP contribution in [0.2, 0.25) is 25.7 Å². The fourth-order valence-electron chi connectivity index (χ4n) is 3.85. The molecule has 0 radical (unpaired) electrons. The lowest BCUT2D eigenvalue weighted by Gasteiger charge is -2.15. The molecule has 0 saturated carbocycles. The summed E-state index contributed by atoms with van der Waals surface area (Å²) in [6, 6.07) is 9.23. The Balaban J connectivity index is 1.68. The highest BCUT2D eigenvalue weighted by molar-refractivity contribution is 7.16. The first-order chi connectivity index (χ1) is 19.2. The zero-order chi connectivity index (χ0) is 28.7. The summed E-state index contributed by atoms with van der Waals surface area (Å²) in [4.78, 5) is 33.3. The Kier molecular flexibility index (Phi) is 9.95. The molecule has 0 bridgehead atoms. The van der Waals surface area contributed by atoms with Crippen LogP contribution in [0.1, 0.15) is 35.0 Å². The summed E-state index contributed by atoms with van der Waals surface area (Å²) < 4.78 is 14.3. The third-order valence-electron chi connectivity index (χ3n) is 6.05. The molecule has 4 aromatic rings.